The largest absolute Gasteiger partial charge is 0.481 e. The summed E-state index contributed by atoms with van der Waals surface area (Å²) < 4.78 is 0. The van der Waals surface area contributed by atoms with Gasteiger partial charge in [-0.1, -0.05) is 48.8 Å². The molecule has 5 heteroatoms. The van der Waals surface area contributed by atoms with Crippen LogP contribution in [-0.4, -0.2) is 44.7 Å². The van der Waals surface area contributed by atoms with Gasteiger partial charge in [0.05, 0.1) is 12.2 Å². The van der Waals surface area contributed by atoms with Gasteiger partial charge in [-0.15, -0.1) is 0 Å². The van der Waals surface area contributed by atoms with Crippen LogP contribution >= 0.6 is 0 Å². The van der Waals surface area contributed by atoms with E-state index in [0.717, 1.165) is 0 Å². The van der Waals surface area contributed by atoms with Gasteiger partial charge in [0.25, 0.3) is 0 Å². The fourth-order valence-corrected chi connectivity index (χ4v) is 1.54. The molecule has 0 aromatic rings. The van der Waals surface area contributed by atoms with Crippen LogP contribution in [0.15, 0.2) is 36.5 Å². The lowest BCUT2D eigenvalue weighted by molar-refractivity contribution is -0.137. The van der Waals surface area contributed by atoms with Crippen LogP contribution in [-0.2, 0) is 4.79 Å². The number of rotatable bonds is 9. The van der Waals surface area contributed by atoms with Gasteiger partial charge in [-0.05, 0) is 37.5 Å². The molecule has 25 heavy (non-hydrogen) atoms. The zero-order valence-electron chi connectivity index (χ0n) is 14.4. The Bertz CT molecular complexity index is 581. The average Bonchev–Trinajstić information content (AvgIpc) is 2.57. The summed E-state index contributed by atoms with van der Waals surface area (Å²) >= 11 is 0. The van der Waals surface area contributed by atoms with E-state index in [0.29, 0.717) is 19.3 Å². The standard InChI is InChI=1S/C20H26O5/c1-2-17(21)11-8-5-9-14-18(22)12-6-3-4-7-13-19(23)15-10-16-20(24)25/h3-4,6,8,11-12,17-19,21-23H,2,10,14-16H2,1H3,(H,24,25)/b4-3+,11-8+,12-6+/t17-,18+,19?/m1/s1. The number of carboxylic acid groups (broad SMARTS) is 1. The summed E-state index contributed by atoms with van der Waals surface area (Å²) in [5.74, 6) is 9.87. The molecule has 136 valence electrons. The van der Waals surface area contributed by atoms with Crippen molar-refractivity contribution in [3.63, 3.8) is 0 Å². The van der Waals surface area contributed by atoms with Crippen LogP contribution in [0.2, 0.25) is 0 Å². The van der Waals surface area contributed by atoms with E-state index < -0.39 is 24.3 Å². The van der Waals surface area contributed by atoms with Gasteiger partial charge in [-0.3, -0.25) is 4.79 Å². The normalized spacial score (nSPS) is 14.7. The Morgan fingerprint density at radius 1 is 1.04 bits per heavy atom. The first-order chi connectivity index (χ1) is 12.0. The van der Waals surface area contributed by atoms with Gasteiger partial charge in [0.1, 0.15) is 6.10 Å². The molecule has 4 N–H and O–H groups in total. The van der Waals surface area contributed by atoms with Gasteiger partial charge in [0.15, 0.2) is 0 Å². The quantitative estimate of drug-likeness (QED) is 0.377. The molecule has 3 atom stereocenters. The molecule has 5 nitrogen and oxygen atoms in total. The van der Waals surface area contributed by atoms with Crippen molar-refractivity contribution in [1.29, 1.82) is 0 Å². The second-order valence-electron chi connectivity index (χ2n) is 5.26. The number of aliphatic hydroxyl groups excluding tert-OH is 3. The van der Waals surface area contributed by atoms with Gasteiger partial charge in [-0.25, -0.2) is 0 Å². The lowest BCUT2D eigenvalue weighted by Crippen LogP contribution is -2.04. The summed E-state index contributed by atoms with van der Waals surface area (Å²) in [6.45, 7) is 1.87. The van der Waals surface area contributed by atoms with Crippen molar-refractivity contribution in [2.45, 2.75) is 57.3 Å². The first-order valence-electron chi connectivity index (χ1n) is 8.21. The summed E-state index contributed by atoms with van der Waals surface area (Å²) in [5, 5.41) is 36.9. The zero-order chi connectivity index (χ0) is 18.9. The van der Waals surface area contributed by atoms with Crippen molar-refractivity contribution in [3.05, 3.63) is 36.5 Å². The average molecular weight is 346 g/mol. The molecule has 0 spiro atoms. The molecule has 0 bridgehead atoms. The zero-order valence-corrected chi connectivity index (χ0v) is 14.4. The number of carbonyl (C=O) groups is 1. The van der Waals surface area contributed by atoms with Crippen LogP contribution in [0.5, 0.6) is 0 Å². The second kappa shape index (κ2) is 15.2. The summed E-state index contributed by atoms with van der Waals surface area (Å²) in [6.07, 6.45) is 9.17. The Labute approximate surface area is 149 Å². The Kier molecular flexibility index (Phi) is 13.8. The minimum Gasteiger partial charge on any atom is -0.481 e. The summed E-state index contributed by atoms with van der Waals surface area (Å²) in [4.78, 5) is 10.3. The lowest BCUT2D eigenvalue weighted by Gasteiger charge is -1.99. The van der Waals surface area contributed by atoms with Crippen molar-refractivity contribution in [1.82, 2.24) is 0 Å². The Morgan fingerprint density at radius 2 is 1.80 bits per heavy atom. The number of aliphatic hydroxyl groups is 3. The molecule has 0 saturated carbocycles. The number of carboxylic acids is 1. The van der Waals surface area contributed by atoms with E-state index in [1.807, 2.05) is 6.92 Å². The van der Waals surface area contributed by atoms with Crippen molar-refractivity contribution in [2.24, 2.45) is 0 Å². The van der Waals surface area contributed by atoms with Crippen LogP contribution in [0, 0.1) is 23.7 Å². The molecular formula is C20H26O5. The van der Waals surface area contributed by atoms with Crippen LogP contribution in [0.4, 0.5) is 0 Å². The summed E-state index contributed by atoms with van der Waals surface area (Å²) in [6, 6.07) is 0. The summed E-state index contributed by atoms with van der Waals surface area (Å²) in [7, 11) is 0. The third-order valence-corrected chi connectivity index (χ3v) is 2.98. The molecule has 0 heterocycles. The highest BCUT2D eigenvalue weighted by molar-refractivity contribution is 5.66. The molecular weight excluding hydrogens is 320 g/mol. The molecule has 0 radical (unpaired) electrons. The van der Waals surface area contributed by atoms with Crippen LogP contribution in [0.25, 0.3) is 0 Å². The maximum Gasteiger partial charge on any atom is 0.303 e. The van der Waals surface area contributed by atoms with Crippen molar-refractivity contribution >= 4 is 5.97 Å². The maximum atomic E-state index is 10.3. The molecule has 0 rings (SSSR count). The molecule has 0 aliphatic carbocycles. The van der Waals surface area contributed by atoms with Crippen LogP contribution in [0.3, 0.4) is 0 Å². The molecule has 0 saturated heterocycles. The molecule has 0 aromatic heterocycles. The fraction of sp³-hybridized carbons (Fsp3) is 0.450. The number of hydrogen-bond acceptors (Lipinski definition) is 4. The first-order valence-corrected chi connectivity index (χ1v) is 8.21. The molecule has 0 aliphatic heterocycles. The topological polar surface area (TPSA) is 98.0 Å². The lowest BCUT2D eigenvalue weighted by atomic mass is 10.1. The van der Waals surface area contributed by atoms with E-state index in [1.54, 1.807) is 30.4 Å². The van der Waals surface area contributed by atoms with Gasteiger partial charge in [0, 0.05) is 12.8 Å². The third kappa shape index (κ3) is 16.3. The van der Waals surface area contributed by atoms with E-state index in [-0.39, 0.29) is 12.8 Å². The summed E-state index contributed by atoms with van der Waals surface area (Å²) in [5.41, 5.74) is 0. The Balaban J connectivity index is 4.04. The first kappa shape index (κ1) is 22.7. The highest BCUT2D eigenvalue weighted by Gasteiger charge is 2.01. The monoisotopic (exact) mass is 346 g/mol. The second-order valence-corrected chi connectivity index (χ2v) is 5.26. The number of allylic oxidation sites excluding steroid dienone is 4. The van der Waals surface area contributed by atoms with Crippen LogP contribution < -0.4 is 0 Å². The van der Waals surface area contributed by atoms with E-state index in [2.05, 4.69) is 23.7 Å². The molecule has 0 amide bonds. The Hall–Kier alpha value is -2.31. The Morgan fingerprint density at radius 3 is 2.48 bits per heavy atom. The number of hydrogen-bond donors (Lipinski definition) is 4. The van der Waals surface area contributed by atoms with Crippen molar-refractivity contribution in [3.8, 4) is 23.7 Å². The van der Waals surface area contributed by atoms with Gasteiger partial charge in [-0.2, -0.15) is 0 Å². The highest BCUT2D eigenvalue weighted by atomic mass is 16.4. The predicted octanol–water partition coefficient (Wildman–Crippen LogP) is 1.80. The van der Waals surface area contributed by atoms with Crippen molar-refractivity contribution in [2.75, 3.05) is 0 Å². The molecule has 0 aliphatic rings. The van der Waals surface area contributed by atoms with E-state index >= 15 is 0 Å². The van der Waals surface area contributed by atoms with Gasteiger partial charge in [0.2, 0.25) is 0 Å². The third-order valence-electron chi connectivity index (χ3n) is 2.98. The molecule has 1 unspecified atom stereocenters. The predicted molar refractivity (Wildman–Crippen MR) is 97.4 cm³/mol. The molecule has 0 aromatic carbocycles. The fourth-order valence-electron chi connectivity index (χ4n) is 1.54. The smallest absolute Gasteiger partial charge is 0.303 e. The van der Waals surface area contributed by atoms with E-state index in [1.165, 1.54) is 6.08 Å². The van der Waals surface area contributed by atoms with E-state index in [9.17, 15) is 20.1 Å². The number of aliphatic carboxylic acids is 1. The van der Waals surface area contributed by atoms with Gasteiger partial charge >= 0.3 is 5.97 Å². The minimum absolute atomic E-state index is 0.0209. The maximum absolute atomic E-state index is 10.3. The molecule has 0 fully saturated rings. The highest BCUT2D eigenvalue weighted by Crippen LogP contribution is 1.99. The van der Waals surface area contributed by atoms with Gasteiger partial charge < -0.3 is 20.4 Å². The van der Waals surface area contributed by atoms with E-state index in [4.69, 9.17) is 5.11 Å². The van der Waals surface area contributed by atoms with Crippen molar-refractivity contribution < 1.29 is 25.2 Å². The SMILES string of the molecule is CC[C@@H](O)/C=C/C#CC[C@@H](O)/C=C/C=C/C#CC(O)CCCC(=O)O. The van der Waals surface area contributed by atoms with Crippen LogP contribution in [0.1, 0.15) is 39.0 Å². The minimum atomic E-state index is -0.886.